The molecule has 5 amide bonds. The minimum atomic E-state index is -0.411. The van der Waals surface area contributed by atoms with Crippen molar-refractivity contribution in [2.24, 2.45) is 0 Å². The number of anilines is 2. The molecule has 0 atom stereocenters. The molecule has 0 unspecified atom stereocenters. The van der Waals surface area contributed by atoms with Crippen LogP contribution in [0.15, 0.2) is 72.9 Å². The molecule has 0 radical (unpaired) electrons. The smallest absolute Gasteiger partial charge is 0.319 e. The van der Waals surface area contributed by atoms with E-state index < -0.39 is 6.03 Å². The number of aromatic nitrogens is 2. The highest BCUT2D eigenvalue weighted by molar-refractivity contribution is 6.01. The second-order valence-electron chi connectivity index (χ2n) is 9.42. The van der Waals surface area contributed by atoms with Crippen molar-refractivity contribution in [1.29, 1.82) is 0 Å². The van der Waals surface area contributed by atoms with Crippen molar-refractivity contribution < 1.29 is 19.5 Å². The van der Waals surface area contributed by atoms with Crippen LogP contribution in [0.2, 0.25) is 0 Å². The van der Waals surface area contributed by atoms with Crippen molar-refractivity contribution >= 4 is 35.1 Å². The number of imidazole rings is 1. The first-order valence-electron chi connectivity index (χ1n) is 13.4. The van der Waals surface area contributed by atoms with Gasteiger partial charge in [-0.25, -0.2) is 14.6 Å². The molecular formula is C29H32N8O4. The summed E-state index contributed by atoms with van der Waals surface area (Å²) in [5, 5.41) is 23.3. The Morgan fingerprint density at radius 3 is 2.51 bits per heavy atom. The van der Waals surface area contributed by atoms with Crippen LogP contribution in [-0.4, -0.2) is 76.7 Å². The van der Waals surface area contributed by atoms with Crippen LogP contribution in [-0.2, 0) is 6.54 Å². The Morgan fingerprint density at radius 2 is 1.78 bits per heavy atom. The molecule has 0 saturated carbocycles. The third-order valence-electron chi connectivity index (χ3n) is 6.62. The third-order valence-corrected chi connectivity index (χ3v) is 6.62. The lowest BCUT2D eigenvalue weighted by Crippen LogP contribution is -2.36. The molecule has 6 N–H and O–H groups in total. The van der Waals surface area contributed by atoms with Crippen molar-refractivity contribution in [2.75, 3.05) is 50.0 Å². The Labute approximate surface area is 236 Å². The first kappa shape index (κ1) is 27.5. The fraction of sp³-hybridized carbons (Fsp3) is 0.241. The molecule has 12 nitrogen and oxygen atoms in total. The summed E-state index contributed by atoms with van der Waals surface area (Å²) in [4.78, 5) is 43.5. The standard InChI is InChI=1S/C29H32N8O4/c38-18-14-31-28(40)34-22-10-8-21(9-11-22)24-26(33-19-20-5-2-1-3-6-20)37-15-4-7-23(25(37)35-24)27(39)30-12-16-36-17-13-32-29(36)41/h1-11,15,33,38H,12-14,16-19H2,(H,30,39)(H,32,41)(H2,31,34,40). The SMILES string of the molecule is O=C(NCCO)Nc1ccc(-c2nc3c(C(=O)NCCN4CCNC4=O)cccn3c2NCc2ccccc2)cc1. The van der Waals surface area contributed by atoms with Gasteiger partial charge < -0.3 is 36.6 Å². The van der Waals surface area contributed by atoms with Crippen LogP contribution < -0.4 is 26.6 Å². The van der Waals surface area contributed by atoms with Gasteiger partial charge in [0.2, 0.25) is 0 Å². The third kappa shape index (κ3) is 6.56. The number of carbonyl (C=O) groups excluding carboxylic acids is 3. The maximum Gasteiger partial charge on any atom is 0.319 e. The largest absolute Gasteiger partial charge is 0.395 e. The Balaban J connectivity index is 1.41. The number of nitrogens with zero attached hydrogens (tertiary/aromatic N) is 3. The van der Waals surface area contributed by atoms with Gasteiger partial charge in [-0.15, -0.1) is 0 Å². The first-order valence-corrected chi connectivity index (χ1v) is 13.4. The molecule has 1 aliphatic rings. The molecule has 1 fully saturated rings. The van der Waals surface area contributed by atoms with Gasteiger partial charge in [0.1, 0.15) is 11.5 Å². The van der Waals surface area contributed by atoms with E-state index in [1.54, 1.807) is 29.2 Å². The predicted octanol–water partition coefficient (Wildman–Crippen LogP) is 2.48. The monoisotopic (exact) mass is 556 g/mol. The van der Waals surface area contributed by atoms with Gasteiger partial charge in [-0.3, -0.25) is 9.20 Å². The average Bonchev–Trinajstić information content (AvgIpc) is 3.58. The molecule has 0 aliphatic carbocycles. The number of nitrogens with one attached hydrogen (secondary N) is 5. The molecule has 0 bridgehead atoms. The van der Waals surface area contributed by atoms with Gasteiger partial charge in [0.05, 0.1) is 12.2 Å². The maximum atomic E-state index is 13.2. The lowest BCUT2D eigenvalue weighted by molar-refractivity contribution is 0.0951. The van der Waals surface area contributed by atoms with Crippen molar-refractivity contribution in [3.05, 3.63) is 84.1 Å². The lowest BCUT2D eigenvalue weighted by Gasteiger charge is -2.14. The van der Waals surface area contributed by atoms with E-state index in [2.05, 4.69) is 26.6 Å². The van der Waals surface area contributed by atoms with Crippen LogP contribution in [0.4, 0.5) is 21.1 Å². The number of rotatable bonds is 11. The van der Waals surface area contributed by atoms with Crippen molar-refractivity contribution in [2.45, 2.75) is 6.54 Å². The summed E-state index contributed by atoms with van der Waals surface area (Å²) in [5.74, 6) is 0.434. The van der Waals surface area contributed by atoms with Gasteiger partial charge in [0, 0.05) is 56.7 Å². The summed E-state index contributed by atoms with van der Waals surface area (Å²) >= 11 is 0. The van der Waals surface area contributed by atoms with E-state index >= 15 is 0 Å². The van der Waals surface area contributed by atoms with E-state index in [0.29, 0.717) is 61.1 Å². The van der Waals surface area contributed by atoms with Crippen molar-refractivity contribution in [3.63, 3.8) is 0 Å². The van der Waals surface area contributed by atoms with E-state index in [1.165, 1.54) is 0 Å². The molecular weight excluding hydrogens is 524 g/mol. The quantitative estimate of drug-likeness (QED) is 0.167. The van der Waals surface area contributed by atoms with E-state index in [4.69, 9.17) is 10.1 Å². The van der Waals surface area contributed by atoms with Crippen LogP contribution in [0.25, 0.3) is 16.9 Å². The van der Waals surface area contributed by atoms with Gasteiger partial charge in [0.25, 0.3) is 5.91 Å². The molecule has 12 heteroatoms. The normalized spacial score (nSPS) is 12.7. The summed E-state index contributed by atoms with van der Waals surface area (Å²) in [5.41, 5.74) is 4.00. The molecule has 4 aromatic rings. The first-order chi connectivity index (χ1) is 20.0. The number of hydrogen-bond donors (Lipinski definition) is 6. The topological polar surface area (TPSA) is 152 Å². The second-order valence-corrected chi connectivity index (χ2v) is 9.42. The Kier molecular flexibility index (Phi) is 8.60. The highest BCUT2D eigenvalue weighted by Gasteiger charge is 2.21. The van der Waals surface area contributed by atoms with Crippen LogP contribution in [0.1, 0.15) is 15.9 Å². The molecule has 2 aromatic heterocycles. The molecule has 1 aliphatic heterocycles. The van der Waals surface area contributed by atoms with Gasteiger partial charge in [-0.05, 0) is 29.8 Å². The van der Waals surface area contributed by atoms with Crippen LogP contribution in [0.5, 0.6) is 0 Å². The number of benzene rings is 2. The summed E-state index contributed by atoms with van der Waals surface area (Å²) in [6.45, 7) is 2.52. The van der Waals surface area contributed by atoms with Gasteiger partial charge in [-0.2, -0.15) is 0 Å². The number of aliphatic hydroxyl groups is 1. The van der Waals surface area contributed by atoms with Crippen molar-refractivity contribution in [1.82, 2.24) is 30.2 Å². The predicted molar refractivity (Wildman–Crippen MR) is 156 cm³/mol. The number of fused-ring (bicyclic) bond motifs is 1. The second kappa shape index (κ2) is 12.8. The van der Waals surface area contributed by atoms with E-state index in [9.17, 15) is 14.4 Å². The summed E-state index contributed by atoms with van der Waals surface area (Å²) in [6.07, 6.45) is 1.85. The van der Waals surface area contributed by atoms with Gasteiger partial charge in [-0.1, -0.05) is 42.5 Å². The minimum absolute atomic E-state index is 0.125. The number of hydrogen-bond acceptors (Lipinski definition) is 6. The summed E-state index contributed by atoms with van der Waals surface area (Å²) < 4.78 is 1.86. The molecule has 41 heavy (non-hydrogen) atoms. The Bertz CT molecular complexity index is 1520. The Morgan fingerprint density at radius 1 is 0.976 bits per heavy atom. The van der Waals surface area contributed by atoms with Gasteiger partial charge in [0.15, 0.2) is 5.65 Å². The summed E-state index contributed by atoms with van der Waals surface area (Å²) in [6, 6.07) is 20.2. The zero-order valence-corrected chi connectivity index (χ0v) is 22.4. The van der Waals surface area contributed by atoms with Crippen molar-refractivity contribution in [3.8, 4) is 11.3 Å². The Hall–Kier alpha value is -5.10. The highest BCUT2D eigenvalue weighted by Crippen LogP contribution is 2.31. The average molecular weight is 557 g/mol. The van der Waals surface area contributed by atoms with Gasteiger partial charge >= 0.3 is 12.1 Å². The molecule has 212 valence electrons. The zero-order chi connectivity index (χ0) is 28.6. The van der Waals surface area contributed by atoms with Crippen LogP contribution in [0, 0.1) is 0 Å². The zero-order valence-electron chi connectivity index (χ0n) is 22.4. The summed E-state index contributed by atoms with van der Waals surface area (Å²) in [7, 11) is 0. The molecule has 5 rings (SSSR count). The van der Waals surface area contributed by atoms with Crippen LogP contribution in [0.3, 0.4) is 0 Å². The number of urea groups is 2. The minimum Gasteiger partial charge on any atom is -0.395 e. The number of aliphatic hydroxyl groups excluding tert-OH is 1. The highest BCUT2D eigenvalue weighted by atomic mass is 16.3. The number of amides is 5. The lowest BCUT2D eigenvalue weighted by atomic mass is 10.1. The van der Waals surface area contributed by atoms with Crippen LogP contribution >= 0.6 is 0 Å². The number of carbonyl (C=O) groups is 3. The number of pyridine rings is 1. The molecule has 2 aromatic carbocycles. The fourth-order valence-corrected chi connectivity index (χ4v) is 4.58. The van der Waals surface area contributed by atoms with E-state index in [1.807, 2.05) is 53.1 Å². The van der Waals surface area contributed by atoms with E-state index in [0.717, 1.165) is 11.1 Å². The van der Waals surface area contributed by atoms with E-state index in [-0.39, 0.29) is 25.1 Å². The molecule has 0 spiro atoms. The fourth-order valence-electron chi connectivity index (χ4n) is 4.58. The maximum absolute atomic E-state index is 13.2. The molecule has 1 saturated heterocycles. The molecule has 3 heterocycles.